The summed E-state index contributed by atoms with van der Waals surface area (Å²) in [7, 11) is 0. The van der Waals surface area contributed by atoms with E-state index in [0.717, 1.165) is 22.9 Å². The predicted molar refractivity (Wildman–Crippen MR) is 125 cm³/mol. The van der Waals surface area contributed by atoms with Crippen LogP contribution < -0.4 is 5.32 Å². The highest BCUT2D eigenvalue weighted by Crippen LogP contribution is 2.19. The van der Waals surface area contributed by atoms with Crippen LogP contribution in [0, 0.1) is 5.82 Å². The number of benzene rings is 2. The molecule has 0 aliphatic rings. The number of nitrogens with zero attached hydrogens (tertiary/aromatic N) is 1. The van der Waals surface area contributed by atoms with Gasteiger partial charge in [-0.05, 0) is 42.7 Å². The molecule has 0 radical (unpaired) electrons. The molecule has 0 aromatic heterocycles. The average Bonchev–Trinajstić information content (AvgIpc) is 2.73. The van der Waals surface area contributed by atoms with E-state index in [0.29, 0.717) is 24.4 Å². The zero-order valence-corrected chi connectivity index (χ0v) is 19.8. The van der Waals surface area contributed by atoms with Crippen molar-refractivity contribution in [2.75, 3.05) is 12.3 Å². The molecule has 162 valence electrons. The quantitative estimate of drug-likeness (QED) is 0.439. The molecule has 1 atom stereocenters. The molecule has 0 bridgehead atoms. The Bertz CT molecular complexity index is 849. The molecule has 0 saturated carbocycles. The first-order valence-electron chi connectivity index (χ1n) is 10.0. The fourth-order valence-corrected chi connectivity index (χ4v) is 4.24. The van der Waals surface area contributed by atoms with E-state index in [9.17, 15) is 14.0 Å². The van der Waals surface area contributed by atoms with Gasteiger partial charge in [-0.3, -0.25) is 9.59 Å². The Morgan fingerprint density at radius 2 is 1.97 bits per heavy atom. The molecular formula is C23H28BrFN2O2S. The molecule has 0 unspecified atom stereocenters. The first-order valence-corrected chi connectivity index (χ1v) is 12.0. The zero-order chi connectivity index (χ0) is 21.9. The van der Waals surface area contributed by atoms with Crippen LogP contribution in [-0.4, -0.2) is 35.1 Å². The molecule has 1 N–H and O–H groups in total. The van der Waals surface area contributed by atoms with Gasteiger partial charge in [0.2, 0.25) is 11.8 Å². The number of hydrogen-bond donors (Lipinski definition) is 1. The molecule has 2 aromatic rings. The number of carbonyl (C=O) groups is 2. The Hall–Kier alpha value is -1.86. The number of thioether (sulfide) groups is 1. The minimum atomic E-state index is -0.595. The Morgan fingerprint density at radius 1 is 1.20 bits per heavy atom. The maximum absolute atomic E-state index is 13.8. The number of halogens is 2. The van der Waals surface area contributed by atoms with E-state index >= 15 is 0 Å². The summed E-state index contributed by atoms with van der Waals surface area (Å²) >= 11 is 4.80. The van der Waals surface area contributed by atoms with Gasteiger partial charge < -0.3 is 10.2 Å². The summed E-state index contributed by atoms with van der Waals surface area (Å²) in [5, 5.41) is 2.91. The topological polar surface area (TPSA) is 49.4 Å². The average molecular weight is 495 g/mol. The Kier molecular flexibility index (Phi) is 10.4. The molecule has 0 heterocycles. The van der Waals surface area contributed by atoms with Gasteiger partial charge in [-0.1, -0.05) is 59.6 Å². The van der Waals surface area contributed by atoms with Gasteiger partial charge in [-0.15, -0.1) is 11.8 Å². The summed E-state index contributed by atoms with van der Waals surface area (Å²) in [4.78, 5) is 27.2. The number of hydrogen-bond acceptors (Lipinski definition) is 3. The summed E-state index contributed by atoms with van der Waals surface area (Å²) < 4.78 is 14.7. The molecular weight excluding hydrogens is 467 g/mol. The molecule has 0 spiro atoms. The van der Waals surface area contributed by atoms with Gasteiger partial charge in [-0.25, -0.2) is 4.39 Å². The molecule has 7 heteroatoms. The second-order valence-electron chi connectivity index (χ2n) is 7.06. The Morgan fingerprint density at radius 3 is 2.67 bits per heavy atom. The van der Waals surface area contributed by atoms with E-state index in [1.807, 2.05) is 24.3 Å². The highest BCUT2D eigenvalue weighted by atomic mass is 79.9. The number of unbranched alkanes of at least 4 members (excludes halogenated alkanes) is 1. The van der Waals surface area contributed by atoms with Gasteiger partial charge in [0.05, 0.1) is 5.75 Å². The second kappa shape index (κ2) is 12.7. The van der Waals surface area contributed by atoms with Crippen LogP contribution in [0.15, 0.2) is 53.0 Å². The first-order chi connectivity index (χ1) is 14.4. The fourth-order valence-electron chi connectivity index (χ4n) is 2.90. The van der Waals surface area contributed by atoms with Crippen molar-refractivity contribution in [2.45, 2.75) is 45.0 Å². The molecule has 0 fully saturated rings. The van der Waals surface area contributed by atoms with Crippen LogP contribution in [0.5, 0.6) is 0 Å². The van der Waals surface area contributed by atoms with Crippen molar-refractivity contribution in [2.24, 2.45) is 0 Å². The van der Waals surface area contributed by atoms with Crippen molar-refractivity contribution >= 4 is 39.5 Å². The standard InChI is InChI=1S/C23H28BrFN2O2S/c1-3-4-12-26-23(29)17(2)27(14-18-8-7-10-20(24)13-18)22(28)16-30-15-19-9-5-6-11-21(19)25/h5-11,13,17H,3-4,12,14-16H2,1-2H3,(H,26,29)/t17-/m0/s1. The fraction of sp³-hybridized carbons (Fsp3) is 0.391. The van der Waals surface area contributed by atoms with Crippen LogP contribution in [-0.2, 0) is 21.9 Å². The maximum Gasteiger partial charge on any atom is 0.242 e. The summed E-state index contributed by atoms with van der Waals surface area (Å²) in [6.07, 6.45) is 1.89. The highest BCUT2D eigenvalue weighted by molar-refractivity contribution is 9.10. The van der Waals surface area contributed by atoms with Gasteiger partial charge in [0, 0.05) is 23.3 Å². The first kappa shape index (κ1) is 24.4. The Labute approximate surface area is 190 Å². The van der Waals surface area contributed by atoms with Crippen molar-refractivity contribution in [1.82, 2.24) is 10.2 Å². The van der Waals surface area contributed by atoms with Crippen molar-refractivity contribution in [3.05, 3.63) is 69.9 Å². The highest BCUT2D eigenvalue weighted by Gasteiger charge is 2.26. The van der Waals surface area contributed by atoms with Crippen LogP contribution in [0.2, 0.25) is 0 Å². The third kappa shape index (κ3) is 7.76. The van der Waals surface area contributed by atoms with Gasteiger partial charge in [-0.2, -0.15) is 0 Å². The lowest BCUT2D eigenvalue weighted by Crippen LogP contribution is -2.48. The zero-order valence-electron chi connectivity index (χ0n) is 17.4. The van der Waals surface area contributed by atoms with Crippen LogP contribution in [0.1, 0.15) is 37.8 Å². The smallest absolute Gasteiger partial charge is 0.242 e. The van der Waals surface area contributed by atoms with Gasteiger partial charge in [0.15, 0.2) is 0 Å². The molecule has 4 nitrogen and oxygen atoms in total. The number of nitrogens with one attached hydrogen (secondary N) is 1. The van der Waals surface area contributed by atoms with E-state index in [4.69, 9.17) is 0 Å². The number of rotatable bonds is 11. The van der Waals surface area contributed by atoms with Crippen molar-refractivity contribution < 1.29 is 14.0 Å². The molecule has 30 heavy (non-hydrogen) atoms. The lowest BCUT2D eigenvalue weighted by Gasteiger charge is -2.29. The van der Waals surface area contributed by atoms with Crippen LogP contribution >= 0.6 is 27.7 Å². The second-order valence-corrected chi connectivity index (χ2v) is 8.96. The van der Waals surface area contributed by atoms with Crippen molar-refractivity contribution in [1.29, 1.82) is 0 Å². The van der Waals surface area contributed by atoms with E-state index in [2.05, 4.69) is 28.2 Å². The van der Waals surface area contributed by atoms with Crippen LogP contribution in [0.25, 0.3) is 0 Å². The molecule has 2 amide bonds. The van der Waals surface area contributed by atoms with Gasteiger partial charge >= 0.3 is 0 Å². The Balaban J connectivity index is 2.05. The molecule has 0 saturated heterocycles. The molecule has 2 aromatic carbocycles. The lowest BCUT2D eigenvalue weighted by atomic mass is 10.1. The van der Waals surface area contributed by atoms with Crippen molar-refractivity contribution in [3.63, 3.8) is 0 Å². The molecule has 0 aliphatic heterocycles. The monoisotopic (exact) mass is 494 g/mol. The van der Waals surface area contributed by atoms with E-state index in [1.54, 1.807) is 30.0 Å². The summed E-state index contributed by atoms with van der Waals surface area (Å²) in [6, 6.07) is 13.7. The summed E-state index contributed by atoms with van der Waals surface area (Å²) in [5.74, 6) is 0.00209. The largest absolute Gasteiger partial charge is 0.354 e. The van der Waals surface area contributed by atoms with E-state index in [1.165, 1.54) is 17.8 Å². The minimum Gasteiger partial charge on any atom is -0.354 e. The third-order valence-corrected chi connectivity index (χ3v) is 6.14. The molecule has 2 rings (SSSR count). The summed E-state index contributed by atoms with van der Waals surface area (Å²) in [5.41, 5.74) is 1.50. The summed E-state index contributed by atoms with van der Waals surface area (Å²) in [6.45, 7) is 4.74. The normalized spacial score (nSPS) is 11.7. The van der Waals surface area contributed by atoms with E-state index < -0.39 is 6.04 Å². The third-order valence-electron chi connectivity index (χ3n) is 4.68. The lowest BCUT2D eigenvalue weighted by molar-refractivity contribution is -0.138. The van der Waals surface area contributed by atoms with Crippen LogP contribution in [0.4, 0.5) is 4.39 Å². The minimum absolute atomic E-state index is 0.144. The number of carbonyl (C=O) groups excluding carboxylic acids is 2. The van der Waals surface area contributed by atoms with Gasteiger partial charge in [0.1, 0.15) is 11.9 Å². The maximum atomic E-state index is 13.8. The molecule has 0 aliphatic carbocycles. The number of amides is 2. The van der Waals surface area contributed by atoms with Crippen molar-refractivity contribution in [3.8, 4) is 0 Å². The van der Waals surface area contributed by atoms with E-state index in [-0.39, 0.29) is 23.4 Å². The van der Waals surface area contributed by atoms with Crippen LogP contribution in [0.3, 0.4) is 0 Å². The SMILES string of the molecule is CCCCNC(=O)[C@H](C)N(Cc1cccc(Br)c1)C(=O)CSCc1ccccc1F. The predicted octanol–water partition coefficient (Wildman–Crippen LogP) is 5.16. The van der Waals surface area contributed by atoms with Gasteiger partial charge in [0.25, 0.3) is 0 Å².